The second-order valence-corrected chi connectivity index (χ2v) is 5.89. The van der Waals surface area contributed by atoms with Gasteiger partial charge in [-0.25, -0.2) is 0 Å². The molecule has 0 radical (unpaired) electrons. The average Bonchev–Trinajstić information content (AvgIpc) is 2.21. The first-order valence-corrected chi connectivity index (χ1v) is 6.91. The number of nitrogens with one attached hydrogen (secondary N) is 1. The lowest BCUT2D eigenvalue weighted by molar-refractivity contribution is -0.0895. The molecule has 0 saturated heterocycles. The Kier molecular flexibility index (Phi) is 3.39. The van der Waals surface area contributed by atoms with Crippen molar-refractivity contribution >= 4 is 0 Å². The van der Waals surface area contributed by atoms with Crippen LogP contribution in [0.5, 0.6) is 0 Å². The lowest BCUT2D eigenvalue weighted by Crippen LogP contribution is -2.64. The van der Waals surface area contributed by atoms with Gasteiger partial charge in [0.15, 0.2) is 0 Å². The molecular weight excluding hydrogens is 182 g/mol. The third kappa shape index (κ3) is 1.73. The Balaban J connectivity index is 2.08. The third-order valence-electron chi connectivity index (χ3n) is 5.38. The van der Waals surface area contributed by atoms with Gasteiger partial charge >= 0.3 is 0 Å². The second kappa shape index (κ2) is 4.45. The lowest BCUT2D eigenvalue weighted by Gasteiger charge is -2.61. The smallest absolute Gasteiger partial charge is 0.0152 e. The van der Waals surface area contributed by atoms with E-state index in [1.54, 1.807) is 0 Å². The van der Waals surface area contributed by atoms with E-state index in [1.807, 2.05) is 0 Å². The van der Waals surface area contributed by atoms with E-state index in [0.29, 0.717) is 5.41 Å². The van der Waals surface area contributed by atoms with E-state index >= 15 is 0 Å². The summed E-state index contributed by atoms with van der Waals surface area (Å²) in [5, 5.41) is 3.59. The predicted molar refractivity (Wildman–Crippen MR) is 65.9 cm³/mol. The summed E-state index contributed by atoms with van der Waals surface area (Å²) in [7, 11) is 2.16. The van der Waals surface area contributed by atoms with Gasteiger partial charge in [0.25, 0.3) is 0 Å². The summed E-state index contributed by atoms with van der Waals surface area (Å²) < 4.78 is 0. The van der Waals surface area contributed by atoms with Crippen molar-refractivity contribution in [2.75, 3.05) is 7.05 Å². The molecule has 0 spiro atoms. The summed E-state index contributed by atoms with van der Waals surface area (Å²) in [5.74, 6) is 2.00. The van der Waals surface area contributed by atoms with Crippen LogP contribution in [-0.4, -0.2) is 13.1 Å². The van der Waals surface area contributed by atoms with Gasteiger partial charge in [0, 0.05) is 6.04 Å². The van der Waals surface area contributed by atoms with Crippen LogP contribution in [0, 0.1) is 17.3 Å². The first kappa shape index (κ1) is 11.4. The van der Waals surface area contributed by atoms with Gasteiger partial charge in [-0.05, 0) is 43.6 Å². The van der Waals surface area contributed by atoms with Crippen molar-refractivity contribution in [1.82, 2.24) is 5.32 Å². The molecule has 4 unspecified atom stereocenters. The maximum atomic E-state index is 3.59. The van der Waals surface area contributed by atoms with E-state index in [9.17, 15) is 0 Å². The highest BCUT2D eigenvalue weighted by molar-refractivity contribution is 5.08. The van der Waals surface area contributed by atoms with Crippen LogP contribution >= 0.6 is 0 Å². The number of rotatable bonds is 2. The highest BCUT2D eigenvalue weighted by Gasteiger charge is 2.55. The third-order valence-corrected chi connectivity index (χ3v) is 5.38. The molecule has 0 aromatic heterocycles. The Morgan fingerprint density at radius 1 is 1.13 bits per heavy atom. The predicted octanol–water partition coefficient (Wildman–Crippen LogP) is 3.59. The molecule has 1 nitrogen and oxygen atoms in total. The van der Waals surface area contributed by atoms with Crippen molar-refractivity contribution < 1.29 is 0 Å². The summed E-state index contributed by atoms with van der Waals surface area (Å²) in [5.41, 5.74) is 0.594. The van der Waals surface area contributed by atoms with Crippen molar-refractivity contribution in [3.05, 3.63) is 0 Å². The topological polar surface area (TPSA) is 12.0 Å². The molecule has 2 saturated carbocycles. The minimum absolute atomic E-state index is 0.594. The van der Waals surface area contributed by atoms with Gasteiger partial charge < -0.3 is 5.32 Å². The molecule has 2 fully saturated rings. The van der Waals surface area contributed by atoms with E-state index in [0.717, 1.165) is 17.9 Å². The number of hydrogen-bond donors (Lipinski definition) is 1. The first-order valence-electron chi connectivity index (χ1n) is 6.91. The summed E-state index contributed by atoms with van der Waals surface area (Å²) in [6, 6.07) is 0.797. The molecule has 15 heavy (non-hydrogen) atoms. The van der Waals surface area contributed by atoms with Gasteiger partial charge in [-0.3, -0.25) is 0 Å². The van der Waals surface area contributed by atoms with E-state index < -0.39 is 0 Å². The Bertz CT molecular complexity index is 213. The summed E-state index contributed by atoms with van der Waals surface area (Å²) in [6.07, 6.45) is 10.2. The summed E-state index contributed by atoms with van der Waals surface area (Å²) in [4.78, 5) is 0. The van der Waals surface area contributed by atoms with Gasteiger partial charge in [-0.2, -0.15) is 0 Å². The van der Waals surface area contributed by atoms with Crippen LogP contribution in [0.2, 0.25) is 0 Å². The molecule has 2 aliphatic carbocycles. The molecule has 1 heteroatoms. The van der Waals surface area contributed by atoms with Crippen LogP contribution in [0.3, 0.4) is 0 Å². The SMILES string of the molecule is CCC1(C)C2CCCCCCC2C1NC. The lowest BCUT2D eigenvalue weighted by atomic mass is 9.47. The van der Waals surface area contributed by atoms with Crippen molar-refractivity contribution in [3.63, 3.8) is 0 Å². The van der Waals surface area contributed by atoms with Crippen molar-refractivity contribution in [2.24, 2.45) is 17.3 Å². The van der Waals surface area contributed by atoms with E-state index in [1.165, 1.54) is 44.9 Å². The van der Waals surface area contributed by atoms with Crippen LogP contribution in [0.4, 0.5) is 0 Å². The van der Waals surface area contributed by atoms with Crippen molar-refractivity contribution in [1.29, 1.82) is 0 Å². The molecule has 4 atom stereocenters. The minimum Gasteiger partial charge on any atom is -0.316 e. The quantitative estimate of drug-likeness (QED) is 0.733. The van der Waals surface area contributed by atoms with E-state index in [2.05, 4.69) is 26.2 Å². The van der Waals surface area contributed by atoms with Gasteiger partial charge in [-0.1, -0.05) is 39.5 Å². The fourth-order valence-electron chi connectivity index (χ4n) is 4.36. The Labute approximate surface area is 95.0 Å². The Morgan fingerprint density at radius 3 is 2.40 bits per heavy atom. The maximum Gasteiger partial charge on any atom is 0.0152 e. The van der Waals surface area contributed by atoms with Crippen LogP contribution < -0.4 is 5.32 Å². The van der Waals surface area contributed by atoms with Crippen LogP contribution in [0.15, 0.2) is 0 Å². The Hall–Kier alpha value is -0.0400. The molecule has 2 rings (SSSR count). The highest BCUT2D eigenvalue weighted by Crippen LogP contribution is 2.57. The molecular formula is C14H27N. The zero-order valence-electron chi connectivity index (χ0n) is 10.7. The first-order chi connectivity index (χ1) is 7.24. The van der Waals surface area contributed by atoms with E-state index in [4.69, 9.17) is 0 Å². The largest absolute Gasteiger partial charge is 0.316 e. The zero-order valence-corrected chi connectivity index (χ0v) is 10.7. The second-order valence-electron chi connectivity index (χ2n) is 5.89. The summed E-state index contributed by atoms with van der Waals surface area (Å²) >= 11 is 0. The zero-order chi connectivity index (χ0) is 10.9. The normalized spacial score (nSPS) is 46.2. The van der Waals surface area contributed by atoms with Gasteiger partial charge in [0.1, 0.15) is 0 Å². The fourth-order valence-corrected chi connectivity index (χ4v) is 4.36. The fraction of sp³-hybridized carbons (Fsp3) is 1.00. The van der Waals surface area contributed by atoms with E-state index in [-0.39, 0.29) is 0 Å². The molecule has 2 aliphatic rings. The van der Waals surface area contributed by atoms with Crippen LogP contribution in [0.25, 0.3) is 0 Å². The van der Waals surface area contributed by atoms with Gasteiger partial charge in [0.2, 0.25) is 0 Å². The average molecular weight is 209 g/mol. The molecule has 0 aliphatic heterocycles. The van der Waals surface area contributed by atoms with Gasteiger partial charge in [-0.15, -0.1) is 0 Å². The summed E-state index contributed by atoms with van der Waals surface area (Å²) in [6.45, 7) is 4.89. The maximum absolute atomic E-state index is 3.59. The molecule has 0 bridgehead atoms. The molecule has 0 heterocycles. The van der Waals surface area contributed by atoms with Crippen LogP contribution in [-0.2, 0) is 0 Å². The number of fused-ring (bicyclic) bond motifs is 1. The van der Waals surface area contributed by atoms with Crippen LogP contribution in [0.1, 0.15) is 58.8 Å². The standard InChI is InChI=1S/C14H27N/c1-4-14(2)12-10-8-6-5-7-9-11(12)13(14)15-3/h11-13,15H,4-10H2,1-3H3. The molecule has 0 aromatic carbocycles. The highest BCUT2D eigenvalue weighted by atomic mass is 15.0. The molecule has 1 N–H and O–H groups in total. The van der Waals surface area contributed by atoms with Crippen molar-refractivity contribution in [3.8, 4) is 0 Å². The van der Waals surface area contributed by atoms with Crippen molar-refractivity contribution in [2.45, 2.75) is 64.8 Å². The molecule has 0 amide bonds. The molecule has 0 aromatic rings. The molecule has 88 valence electrons. The number of hydrogen-bond acceptors (Lipinski definition) is 1. The van der Waals surface area contributed by atoms with Gasteiger partial charge in [0.05, 0.1) is 0 Å². The minimum atomic E-state index is 0.594. The monoisotopic (exact) mass is 209 g/mol. The Morgan fingerprint density at radius 2 is 1.80 bits per heavy atom.